The molecule has 4 aromatic rings. The fraction of sp³-hybridized carbons (Fsp3) is 0.407. The van der Waals surface area contributed by atoms with E-state index < -0.39 is 0 Å². The molecule has 1 amide bonds. The number of nitrogens with zero attached hydrogens (tertiary/aromatic N) is 6. The van der Waals surface area contributed by atoms with Crippen LogP contribution in [-0.4, -0.2) is 66.6 Å². The molecule has 1 saturated heterocycles. The van der Waals surface area contributed by atoms with Gasteiger partial charge in [-0.2, -0.15) is 5.10 Å². The fourth-order valence-electron chi connectivity index (χ4n) is 5.12. The summed E-state index contributed by atoms with van der Waals surface area (Å²) in [6.45, 7) is 5.74. The highest BCUT2D eigenvalue weighted by Crippen LogP contribution is 2.32. The predicted octanol–water partition coefficient (Wildman–Crippen LogP) is 3.56. The minimum absolute atomic E-state index is 0.284. The molecule has 0 bridgehead atoms. The SMILES string of the molecule is CC(c1ccnc(Cc2nc3ccc(-c4ccnn4C)cc3[nH]2)c1)N1CCN(C(=O)C2CC2)CC1. The third kappa shape index (κ3) is 4.46. The molecule has 1 N–H and O–H groups in total. The Morgan fingerprint density at radius 2 is 1.91 bits per heavy atom. The molecule has 1 aromatic carbocycles. The van der Waals surface area contributed by atoms with E-state index in [4.69, 9.17) is 4.98 Å². The van der Waals surface area contributed by atoms with Gasteiger partial charge in [-0.3, -0.25) is 19.4 Å². The largest absolute Gasteiger partial charge is 0.342 e. The van der Waals surface area contributed by atoms with E-state index in [2.05, 4.69) is 62.1 Å². The van der Waals surface area contributed by atoms with Gasteiger partial charge in [-0.05, 0) is 55.7 Å². The molecule has 1 atom stereocenters. The zero-order valence-electron chi connectivity index (χ0n) is 20.3. The molecule has 180 valence electrons. The topological polar surface area (TPSA) is 82.9 Å². The maximum atomic E-state index is 12.4. The van der Waals surface area contributed by atoms with E-state index >= 15 is 0 Å². The monoisotopic (exact) mass is 469 g/mol. The molecular weight excluding hydrogens is 438 g/mol. The van der Waals surface area contributed by atoms with Crippen molar-refractivity contribution in [3.05, 3.63) is 65.9 Å². The minimum atomic E-state index is 0.284. The average Bonchev–Trinajstić information content (AvgIpc) is 3.52. The Bertz CT molecular complexity index is 1360. The Hall–Kier alpha value is -3.52. The summed E-state index contributed by atoms with van der Waals surface area (Å²) in [4.78, 5) is 29.8. The third-order valence-electron chi connectivity index (χ3n) is 7.42. The molecular formula is C27H31N7O. The molecule has 8 nitrogen and oxygen atoms in total. The second-order valence-electron chi connectivity index (χ2n) is 9.82. The number of amides is 1. The highest BCUT2D eigenvalue weighted by atomic mass is 16.2. The van der Waals surface area contributed by atoms with Crippen LogP contribution in [-0.2, 0) is 18.3 Å². The van der Waals surface area contributed by atoms with Crippen LogP contribution in [0.3, 0.4) is 0 Å². The normalized spacial score (nSPS) is 17.7. The van der Waals surface area contributed by atoms with Gasteiger partial charge < -0.3 is 9.88 Å². The molecule has 3 aromatic heterocycles. The second kappa shape index (κ2) is 8.92. The second-order valence-corrected chi connectivity index (χ2v) is 9.82. The molecule has 8 heteroatoms. The first-order chi connectivity index (χ1) is 17.0. The van der Waals surface area contributed by atoms with Crippen molar-refractivity contribution >= 4 is 16.9 Å². The number of fused-ring (bicyclic) bond motifs is 1. The van der Waals surface area contributed by atoms with Crippen molar-refractivity contribution < 1.29 is 4.79 Å². The number of rotatable bonds is 6. The number of hydrogen-bond donors (Lipinski definition) is 1. The number of pyridine rings is 1. The van der Waals surface area contributed by atoms with E-state index in [0.29, 0.717) is 18.2 Å². The summed E-state index contributed by atoms with van der Waals surface area (Å²) in [7, 11) is 1.95. The maximum absolute atomic E-state index is 12.4. The van der Waals surface area contributed by atoms with Crippen molar-refractivity contribution in [2.75, 3.05) is 26.2 Å². The first kappa shape index (κ1) is 22.0. The average molecular weight is 470 g/mol. The number of aromatic amines is 1. The van der Waals surface area contributed by atoms with Gasteiger partial charge in [0.2, 0.25) is 5.91 Å². The number of carbonyl (C=O) groups excluding carboxylic acids is 1. The van der Waals surface area contributed by atoms with E-state index in [9.17, 15) is 4.79 Å². The molecule has 1 aliphatic carbocycles. The van der Waals surface area contributed by atoms with Crippen molar-refractivity contribution in [3.63, 3.8) is 0 Å². The molecule has 0 spiro atoms. The lowest BCUT2D eigenvalue weighted by atomic mass is 10.1. The predicted molar refractivity (Wildman–Crippen MR) is 135 cm³/mol. The number of piperazine rings is 1. The quantitative estimate of drug-likeness (QED) is 0.467. The van der Waals surface area contributed by atoms with Gasteiger partial charge in [0.25, 0.3) is 0 Å². The molecule has 1 aliphatic heterocycles. The van der Waals surface area contributed by atoms with E-state index in [1.165, 1.54) is 5.56 Å². The van der Waals surface area contributed by atoms with Gasteiger partial charge in [0.15, 0.2) is 0 Å². The summed E-state index contributed by atoms with van der Waals surface area (Å²) < 4.78 is 1.87. The lowest BCUT2D eigenvalue weighted by molar-refractivity contribution is -0.134. The highest BCUT2D eigenvalue weighted by molar-refractivity contribution is 5.81. The number of nitrogens with one attached hydrogen (secondary N) is 1. The van der Waals surface area contributed by atoms with Crippen LogP contribution in [0.5, 0.6) is 0 Å². The third-order valence-corrected chi connectivity index (χ3v) is 7.42. The highest BCUT2D eigenvalue weighted by Gasteiger charge is 2.35. The number of aryl methyl sites for hydroxylation is 1. The molecule has 6 rings (SSSR count). The Morgan fingerprint density at radius 1 is 1.09 bits per heavy atom. The molecule has 1 unspecified atom stereocenters. The molecule has 2 aliphatic rings. The van der Waals surface area contributed by atoms with Gasteiger partial charge in [0, 0.05) is 75.3 Å². The minimum Gasteiger partial charge on any atom is -0.342 e. The van der Waals surface area contributed by atoms with Crippen LogP contribution in [0.15, 0.2) is 48.8 Å². The van der Waals surface area contributed by atoms with Crippen molar-refractivity contribution in [2.24, 2.45) is 13.0 Å². The lowest BCUT2D eigenvalue weighted by Crippen LogP contribution is -2.49. The Labute approximate surface area is 205 Å². The van der Waals surface area contributed by atoms with Gasteiger partial charge in [-0.25, -0.2) is 4.98 Å². The summed E-state index contributed by atoms with van der Waals surface area (Å²) in [5, 5.41) is 4.27. The molecule has 0 radical (unpaired) electrons. The van der Waals surface area contributed by atoms with Gasteiger partial charge >= 0.3 is 0 Å². The van der Waals surface area contributed by atoms with Crippen molar-refractivity contribution in [1.82, 2.24) is 34.5 Å². The number of H-pyrrole nitrogens is 1. The number of aromatic nitrogens is 5. The van der Waals surface area contributed by atoms with Crippen LogP contribution in [0.4, 0.5) is 0 Å². The van der Waals surface area contributed by atoms with E-state index in [-0.39, 0.29) is 6.04 Å². The Morgan fingerprint density at radius 3 is 2.66 bits per heavy atom. The smallest absolute Gasteiger partial charge is 0.225 e. The number of carbonyl (C=O) groups is 1. The van der Waals surface area contributed by atoms with Gasteiger partial charge in [0.1, 0.15) is 5.82 Å². The van der Waals surface area contributed by atoms with Crippen LogP contribution in [0.2, 0.25) is 0 Å². The van der Waals surface area contributed by atoms with Crippen molar-refractivity contribution in [3.8, 4) is 11.3 Å². The van der Waals surface area contributed by atoms with E-state index in [1.54, 1.807) is 0 Å². The van der Waals surface area contributed by atoms with E-state index in [1.807, 2.05) is 30.2 Å². The van der Waals surface area contributed by atoms with Crippen molar-refractivity contribution in [2.45, 2.75) is 32.2 Å². The standard InChI is InChI=1S/C27H31N7O/c1-18(33-11-13-34(14-12-33)27(35)19-3-4-19)20-7-9-28-22(15-20)17-26-30-23-6-5-21(16-24(23)31-26)25-8-10-29-32(25)2/h5-10,15-16,18-19H,3-4,11-14,17H2,1-2H3,(H,30,31). The number of imidazole rings is 1. The van der Waals surface area contributed by atoms with Gasteiger partial charge in [-0.15, -0.1) is 0 Å². The molecule has 35 heavy (non-hydrogen) atoms. The van der Waals surface area contributed by atoms with Gasteiger partial charge in [0.05, 0.1) is 16.7 Å². The van der Waals surface area contributed by atoms with Crippen LogP contribution >= 0.6 is 0 Å². The first-order valence-corrected chi connectivity index (χ1v) is 12.5. The van der Waals surface area contributed by atoms with Crippen LogP contribution in [0, 0.1) is 5.92 Å². The number of benzene rings is 1. The zero-order valence-corrected chi connectivity index (χ0v) is 20.3. The molecule has 1 saturated carbocycles. The van der Waals surface area contributed by atoms with Crippen LogP contribution < -0.4 is 0 Å². The van der Waals surface area contributed by atoms with Crippen LogP contribution in [0.1, 0.15) is 42.9 Å². The first-order valence-electron chi connectivity index (χ1n) is 12.5. The van der Waals surface area contributed by atoms with Crippen molar-refractivity contribution in [1.29, 1.82) is 0 Å². The molecule has 2 fully saturated rings. The van der Waals surface area contributed by atoms with E-state index in [0.717, 1.165) is 72.8 Å². The zero-order chi connectivity index (χ0) is 23.9. The summed E-state index contributed by atoms with van der Waals surface area (Å²) in [5.74, 6) is 1.58. The van der Waals surface area contributed by atoms with Crippen LogP contribution in [0.25, 0.3) is 22.3 Å². The van der Waals surface area contributed by atoms with Gasteiger partial charge in [-0.1, -0.05) is 6.07 Å². The fourth-order valence-corrected chi connectivity index (χ4v) is 5.12. The lowest BCUT2D eigenvalue weighted by Gasteiger charge is -2.38. The molecule has 4 heterocycles. The summed E-state index contributed by atoms with van der Waals surface area (Å²) >= 11 is 0. The summed E-state index contributed by atoms with van der Waals surface area (Å²) in [5.41, 5.74) is 6.41. The number of hydrogen-bond acceptors (Lipinski definition) is 5. The Kier molecular flexibility index (Phi) is 5.60. The maximum Gasteiger partial charge on any atom is 0.225 e. The summed E-state index contributed by atoms with van der Waals surface area (Å²) in [6, 6.07) is 12.9. The Balaban J connectivity index is 1.14. The summed E-state index contributed by atoms with van der Waals surface area (Å²) in [6.07, 6.45) is 6.51.